The van der Waals surface area contributed by atoms with Crippen LogP contribution in [0.5, 0.6) is 5.75 Å². The molecule has 1 atom stereocenters. The Labute approximate surface area is 127 Å². The summed E-state index contributed by atoms with van der Waals surface area (Å²) in [5.74, 6) is 0.260. The summed E-state index contributed by atoms with van der Waals surface area (Å²) in [6.45, 7) is 0. The fourth-order valence-corrected chi connectivity index (χ4v) is 3.12. The van der Waals surface area contributed by atoms with Crippen LogP contribution in [0.1, 0.15) is 6.42 Å². The summed E-state index contributed by atoms with van der Waals surface area (Å²) in [6, 6.07) is 7.15. The molecule has 1 heterocycles. The molecule has 1 saturated heterocycles. The average molecular weight is 307 g/mol. The predicted molar refractivity (Wildman–Crippen MR) is 83.7 cm³/mol. The Morgan fingerprint density at radius 2 is 2.19 bits per heavy atom. The van der Waals surface area contributed by atoms with Gasteiger partial charge in [0.15, 0.2) is 5.17 Å². The first-order valence-electron chi connectivity index (χ1n) is 6.40. The molecule has 0 radical (unpaired) electrons. The predicted octanol–water partition coefficient (Wildman–Crippen LogP) is 1.58. The third-order valence-corrected chi connectivity index (χ3v) is 4.40. The number of carbonyl (C=O) groups excluding carboxylic acids is 2. The fraction of sp³-hybridized carbons (Fsp3) is 0.357. The van der Waals surface area contributed by atoms with Crippen molar-refractivity contribution in [2.24, 2.45) is 4.99 Å². The van der Waals surface area contributed by atoms with Crippen molar-refractivity contribution >= 4 is 34.4 Å². The van der Waals surface area contributed by atoms with Crippen molar-refractivity contribution in [2.45, 2.75) is 11.7 Å². The highest BCUT2D eigenvalue weighted by molar-refractivity contribution is 8.15. The number of anilines is 1. The number of methoxy groups -OCH3 is 1. The molecule has 7 heteroatoms. The van der Waals surface area contributed by atoms with Gasteiger partial charge in [0.25, 0.3) is 0 Å². The van der Waals surface area contributed by atoms with Gasteiger partial charge >= 0.3 is 0 Å². The van der Waals surface area contributed by atoms with Gasteiger partial charge < -0.3 is 10.1 Å². The summed E-state index contributed by atoms with van der Waals surface area (Å²) >= 11 is 1.31. The third-order valence-electron chi connectivity index (χ3n) is 3.08. The number of nitrogens with zero attached hydrogens (tertiary/aromatic N) is 2. The van der Waals surface area contributed by atoms with Crippen LogP contribution in [0.25, 0.3) is 0 Å². The first kappa shape index (κ1) is 15.4. The van der Waals surface area contributed by atoms with Crippen molar-refractivity contribution in [3.63, 3.8) is 0 Å². The smallest absolute Gasteiger partial charge is 0.242 e. The molecule has 1 aromatic carbocycles. The van der Waals surface area contributed by atoms with Crippen LogP contribution in [-0.2, 0) is 9.59 Å². The molecule has 6 nitrogen and oxygen atoms in total. The SMILES string of the molecule is CN=C1S[C@H](CC(=O)Nc2ccccc2OC)C(=O)N1C. The number of nitrogens with one attached hydrogen (secondary N) is 1. The van der Waals surface area contributed by atoms with Gasteiger partial charge in [-0.1, -0.05) is 23.9 Å². The van der Waals surface area contributed by atoms with E-state index in [1.807, 2.05) is 12.1 Å². The molecule has 0 aromatic heterocycles. The van der Waals surface area contributed by atoms with Gasteiger partial charge in [0.2, 0.25) is 11.8 Å². The third kappa shape index (κ3) is 3.36. The van der Waals surface area contributed by atoms with Crippen LogP contribution in [-0.4, -0.2) is 48.3 Å². The van der Waals surface area contributed by atoms with E-state index in [-0.39, 0.29) is 18.2 Å². The highest BCUT2D eigenvalue weighted by Gasteiger charge is 2.36. The number of hydrogen-bond acceptors (Lipinski definition) is 5. The number of ether oxygens (including phenoxy) is 1. The van der Waals surface area contributed by atoms with Gasteiger partial charge in [-0.3, -0.25) is 19.5 Å². The molecule has 2 amide bonds. The van der Waals surface area contributed by atoms with Gasteiger partial charge in [0.05, 0.1) is 12.8 Å². The summed E-state index contributed by atoms with van der Waals surface area (Å²) in [7, 11) is 4.83. The molecule has 0 spiro atoms. The Bertz CT molecular complexity index is 589. The van der Waals surface area contributed by atoms with Gasteiger partial charge in [-0.15, -0.1) is 0 Å². The van der Waals surface area contributed by atoms with Crippen molar-refractivity contribution in [3.05, 3.63) is 24.3 Å². The topological polar surface area (TPSA) is 71.0 Å². The van der Waals surface area contributed by atoms with Gasteiger partial charge in [-0.25, -0.2) is 0 Å². The second-order valence-corrected chi connectivity index (χ2v) is 5.63. The molecule has 1 aliphatic heterocycles. The maximum Gasteiger partial charge on any atom is 0.242 e. The van der Waals surface area contributed by atoms with E-state index in [2.05, 4.69) is 10.3 Å². The monoisotopic (exact) mass is 307 g/mol. The van der Waals surface area contributed by atoms with Crippen LogP contribution in [0.4, 0.5) is 5.69 Å². The zero-order chi connectivity index (χ0) is 15.4. The Balaban J connectivity index is 2.01. The van der Waals surface area contributed by atoms with Crippen LogP contribution in [0, 0.1) is 0 Å². The van der Waals surface area contributed by atoms with Crippen molar-refractivity contribution < 1.29 is 14.3 Å². The zero-order valence-electron chi connectivity index (χ0n) is 12.1. The standard InChI is InChI=1S/C14H17N3O3S/c1-15-14-17(2)13(19)11(21-14)8-12(18)16-9-6-4-5-7-10(9)20-3/h4-7,11H,8H2,1-3H3,(H,16,18)/t11-/m1/s1. The molecular formula is C14H17N3O3S. The molecule has 0 bridgehead atoms. The maximum absolute atomic E-state index is 12.1. The van der Waals surface area contributed by atoms with E-state index in [4.69, 9.17) is 4.74 Å². The van der Waals surface area contributed by atoms with E-state index in [0.717, 1.165) is 0 Å². The molecule has 1 aliphatic rings. The first-order valence-corrected chi connectivity index (χ1v) is 7.28. The van der Waals surface area contributed by atoms with Crippen molar-refractivity contribution in [1.29, 1.82) is 0 Å². The lowest BCUT2D eigenvalue weighted by molar-refractivity contribution is -0.127. The van der Waals surface area contributed by atoms with Gasteiger partial charge in [-0.05, 0) is 12.1 Å². The molecule has 0 unspecified atom stereocenters. The van der Waals surface area contributed by atoms with Crippen molar-refractivity contribution in [1.82, 2.24) is 4.90 Å². The number of benzene rings is 1. The van der Waals surface area contributed by atoms with Crippen LogP contribution in [0.2, 0.25) is 0 Å². The Hall–Kier alpha value is -2.02. The number of amidine groups is 1. The highest BCUT2D eigenvalue weighted by Crippen LogP contribution is 2.29. The number of amides is 2. The van der Waals surface area contributed by atoms with E-state index in [1.54, 1.807) is 33.3 Å². The molecular weight excluding hydrogens is 290 g/mol. The first-order chi connectivity index (χ1) is 10.1. The normalized spacial score (nSPS) is 20.0. The quantitative estimate of drug-likeness (QED) is 0.917. The highest BCUT2D eigenvalue weighted by atomic mass is 32.2. The lowest BCUT2D eigenvalue weighted by atomic mass is 10.2. The summed E-state index contributed by atoms with van der Waals surface area (Å²) in [5, 5.41) is 2.98. The summed E-state index contributed by atoms with van der Waals surface area (Å²) in [6.07, 6.45) is 0.102. The summed E-state index contributed by atoms with van der Waals surface area (Å²) < 4.78 is 5.17. The zero-order valence-corrected chi connectivity index (χ0v) is 12.9. The van der Waals surface area contributed by atoms with E-state index >= 15 is 0 Å². The second-order valence-electron chi connectivity index (χ2n) is 4.46. The molecule has 112 valence electrons. The van der Waals surface area contributed by atoms with Crippen molar-refractivity contribution in [2.75, 3.05) is 26.5 Å². The van der Waals surface area contributed by atoms with E-state index < -0.39 is 5.25 Å². The Morgan fingerprint density at radius 1 is 1.48 bits per heavy atom. The van der Waals surface area contributed by atoms with E-state index in [9.17, 15) is 9.59 Å². The number of carbonyl (C=O) groups is 2. The van der Waals surface area contributed by atoms with Crippen LogP contribution < -0.4 is 10.1 Å². The lowest BCUT2D eigenvalue weighted by Gasteiger charge is -2.11. The van der Waals surface area contributed by atoms with Gasteiger partial charge in [0.1, 0.15) is 11.0 Å². The molecule has 1 N–H and O–H groups in total. The minimum absolute atomic E-state index is 0.101. The molecule has 0 saturated carbocycles. The summed E-state index contributed by atoms with van der Waals surface area (Å²) in [5.41, 5.74) is 0.596. The number of rotatable bonds is 4. The van der Waals surface area contributed by atoms with Crippen LogP contribution in [0.3, 0.4) is 0 Å². The molecule has 2 rings (SSSR count). The fourth-order valence-electron chi connectivity index (χ4n) is 2.02. The van der Waals surface area contributed by atoms with Crippen LogP contribution >= 0.6 is 11.8 Å². The minimum Gasteiger partial charge on any atom is -0.495 e. The molecule has 1 fully saturated rings. The average Bonchev–Trinajstić information content (AvgIpc) is 2.75. The summed E-state index contributed by atoms with van der Waals surface area (Å²) in [4.78, 5) is 29.6. The second kappa shape index (κ2) is 6.62. The van der Waals surface area contributed by atoms with Crippen molar-refractivity contribution in [3.8, 4) is 5.75 Å². The number of hydrogen-bond donors (Lipinski definition) is 1. The molecule has 1 aromatic rings. The Morgan fingerprint density at radius 3 is 2.81 bits per heavy atom. The van der Waals surface area contributed by atoms with E-state index in [1.165, 1.54) is 16.7 Å². The molecule has 21 heavy (non-hydrogen) atoms. The maximum atomic E-state index is 12.1. The van der Waals surface area contributed by atoms with Crippen LogP contribution in [0.15, 0.2) is 29.3 Å². The largest absolute Gasteiger partial charge is 0.495 e. The van der Waals surface area contributed by atoms with E-state index in [0.29, 0.717) is 16.6 Å². The molecule has 0 aliphatic carbocycles. The van der Waals surface area contributed by atoms with Gasteiger partial charge in [0, 0.05) is 20.5 Å². The lowest BCUT2D eigenvalue weighted by Crippen LogP contribution is -2.30. The number of para-hydroxylation sites is 2. The number of aliphatic imine (C=N–C) groups is 1. The Kier molecular flexibility index (Phi) is 4.85. The number of thioether (sulfide) groups is 1. The minimum atomic E-state index is -0.427. The van der Waals surface area contributed by atoms with Gasteiger partial charge in [-0.2, -0.15) is 0 Å².